The number of hydrogen-bond acceptors (Lipinski definition) is 3. The summed E-state index contributed by atoms with van der Waals surface area (Å²) in [5, 5.41) is 0. The molecule has 0 unspecified atom stereocenters. The van der Waals surface area contributed by atoms with Gasteiger partial charge in [-0.25, -0.2) is 0 Å². The third-order valence-electron chi connectivity index (χ3n) is 3.02. The van der Waals surface area contributed by atoms with Crippen molar-refractivity contribution in [3.05, 3.63) is 0 Å². The average Bonchev–Trinajstić information content (AvgIpc) is 2.51. The average molecular weight is 202 g/mol. The van der Waals surface area contributed by atoms with Crippen molar-refractivity contribution in [2.24, 2.45) is 5.92 Å². The molecule has 3 heteroatoms. The summed E-state index contributed by atoms with van der Waals surface area (Å²) in [7, 11) is 3.32. The monoisotopic (exact) mass is 202 g/mol. The lowest BCUT2D eigenvalue weighted by Crippen LogP contribution is -2.42. The SMILES string of the molecule is COC(OC)[C@@]1(C)CC[C@H](C(C)C)O1. The van der Waals surface area contributed by atoms with Gasteiger partial charge in [-0.3, -0.25) is 0 Å². The zero-order valence-electron chi connectivity index (χ0n) is 9.87. The summed E-state index contributed by atoms with van der Waals surface area (Å²) in [4.78, 5) is 0. The molecule has 0 N–H and O–H groups in total. The Balaban J connectivity index is 2.60. The first-order valence-corrected chi connectivity index (χ1v) is 5.27. The van der Waals surface area contributed by atoms with Gasteiger partial charge in [0.1, 0.15) is 5.60 Å². The Kier molecular flexibility index (Phi) is 3.93. The van der Waals surface area contributed by atoms with Crippen LogP contribution in [-0.2, 0) is 14.2 Å². The molecule has 0 aromatic heterocycles. The van der Waals surface area contributed by atoms with Crippen LogP contribution in [0.4, 0.5) is 0 Å². The lowest BCUT2D eigenvalue weighted by molar-refractivity contribution is -0.224. The topological polar surface area (TPSA) is 27.7 Å². The molecule has 0 aromatic rings. The van der Waals surface area contributed by atoms with Crippen LogP contribution in [0.15, 0.2) is 0 Å². The summed E-state index contributed by atoms with van der Waals surface area (Å²) in [6, 6.07) is 0. The van der Waals surface area contributed by atoms with Crippen LogP contribution in [0.3, 0.4) is 0 Å². The molecule has 14 heavy (non-hydrogen) atoms. The number of ether oxygens (including phenoxy) is 3. The van der Waals surface area contributed by atoms with Gasteiger partial charge in [0.05, 0.1) is 6.10 Å². The molecule has 3 nitrogen and oxygen atoms in total. The van der Waals surface area contributed by atoms with E-state index in [1.165, 1.54) is 0 Å². The molecule has 0 amide bonds. The molecule has 1 fully saturated rings. The van der Waals surface area contributed by atoms with Gasteiger partial charge in [0, 0.05) is 14.2 Å². The molecule has 0 aromatic carbocycles. The van der Waals surface area contributed by atoms with E-state index >= 15 is 0 Å². The van der Waals surface area contributed by atoms with E-state index in [-0.39, 0.29) is 11.9 Å². The molecule has 0 bridgehead atoms. The van der Waals surface area contributed by atoms with Gasteiger partial charge in [0.25, 0.3) is 0 Å². The second kappa shape index (κ2) is 4.60. The van der Waals surface area contributed by atoms with Crippen LogP contribution >= 0.6 is 0 Å². The summed E-state index contributed by atoms with van der Waals surface area (Å²) >= 11 is 0. The highest BCUT2D eigenvalue weighted by molar-refractivity contribution is 4.89. The fourth-order valence-electron chi connectivity index (χ4n) is 2.13. The summed E-state index contributed by atoms with van der Waals surface area (Å²) < 4.78 is 16.5. The van der Waals surface area contributed by atoms with Crippen LogP contribution in [0.2, 0.25) is 0 Å². The molecule has 1 rings (SSSR count). The van der Waals surface area contributed by atoms with E-state index in [1.54, 1.807) is 14.2 Å². The van der Waals surface area contributed by atoms with Crippen molar-refractivity contribution in [1.29, 1.82) is 0 Å². The first-order chi connectivity index (χ1) is 6.53. The highest BCUT2D eigenvalue weighted by Crippen LogP contribution is 2.37. The Hall–Kier alpha value is -0.120. The van der Waals surface area contributed by atoms with E-state index in [2.05, 4.69) is 20.8 Å². The minimum absolute atomic E-state index is 0.258. The highest BCUT2D eigenvalue weighted by atomic mass is 16.7. The number of rotatable bonds is 4. The van der Waals surface area contributed by atoms with Crippen LogP contribution in [0, 0.1) is 5.92 Å². The smallest absolute Gasteiger partial charge is 0.185 e. The summed E-state index contributed by atoms with van der Waals surface area (Å²) in [6.07, 6.45) is 2.18. The second-order valence-electron chi connectivity index (χ2n) is 4.55. The molecule has 0 aliphatic carbocycles. The van der Waals surface area contributed by atoms with Crippen molar-refractivity contribution in [1.82, 2.24) is 0 Å². The van der Waals surface area contributed by atoms with E-state index in [4.69, 9.17) is 14.2 Å². The van der Waals surface area contributed by atoms with Crippen LogP contribution in [0.5, 0.6) is 0 Å². The van der Waals surface area contributed by atoms with E-state index in [1.807, 2.05) is 0 Å². The van der Waals surface area contributed by atoms with Crippen molar-refractivity contribution >= 4 is 0 Å². The highest BCUT2D eigenvalue weighted by Gasteiger charge is 2.44. The Bertz CT molecular complexity index is 177. The molecule has 0 saturated carbocycles. The Morgan fingerprint density at radius 1 is 1.29 bits per heavy atom. The molecular formula is C11H22O3. The van der Waals surface area contributed by atoms with Gasteiger partial charge in [-0.15, -0.1) is 0 Å². The Morgan fingerprint density at radius 2 is 1.86 bits per heavy atom. The summed E-state index contributed by atoms with van der Waals surface area (Å²) in [5.74, 6) is 0.561. The number of methoxy groups -OCH3 is 2. The second-order valence-corrected chi connectivity index (χ2v) is 4.55. The van der Waals surface area contributed by atoms with Gasteiger partial charge in [0.2, 0.25) is 0 Å². The minimum Gasteiger partial charge on any atom is -0.366 e. The Labute approximate surface area is 86.7 Å². The summed E-state index contributed by atoms with van der Waals surface area (Å²) in [6.45, 7) is 6.43. The summed E-state index contributed by atoms with van der Waals surface area (Å²) in [5.41, 5.74) is -0.279. The standard InChI is InChI=1S/C11H22O3/c1-8(2)9-6-7-11(3,14-9)10(12-4)13-5/h8-10H,6-7H2,1-5H3/t9-,11-/m1/s1. The van der Waals surface area contributed by atoms with Crippen LogP contribution in [0.25, 0.3) is 0 Å². The molecule has 1 heterocycles. The van der Waals surface area contributed by atoms with Crippen LogP contribution < -0.4 is 0 Å². The lowest BCUT2D eigenvalue weighted by Gasteiger charge is -2.32. The zero-order chi connectivity index (χ0) is 10.8. The van der Waals surface area contributed by atoms with Crippen molar-refractivity contribution in [3.63, 3.8) is 0 Å². The molecule has 2 atom stereocenters. The zero-order valence-corrected chi connectivity index (χ0v) is 9.87. The third-order valence-corrected chi connectivity index (χ3v) is 3.02. The van der Waals surface area contributed by atoms with Gasteiger partial charge in [-0.05, 0) is 25.7 Å². The molecule has 84 valence electrons. The third kappa shape index (κ3) is 2.27. The normalized spacial score (nSPS) is 33.2. The van der Waals surface area contributed by atoms with E-state index in [0.717, 1.165) is 12.8 Å². The lowest BCUT2D eigenvalue weighted by atomic mass is 9.99. The number of hydrogen-bond donors (Lipinski definition) is 0. The Morgan fingerprint density at radius 3 is 2.21 bits per heavy atom. The van der Waals surface area contributed by atoms with E-state index < -0.39 is 0 Å². The van der Waals surface area contributed by atoms with Gasteiger partial charge >= 0.3 is 0 Å². The molecule has 1 aliphatic rings. The maximum atomic E-state index is 6.00. The van der Waals surface area contributed by atoms with E-state index in [9.17, 15) is 0 Å². The van der Waals surface area contributed by atoms with Crippen molar-refractivity contribution in [3.8, 4) is 0 Å². The predicted molar refractivity (Wildman–Crippen MR) is 55.2 cm³/mol. The minimum atomic E-state index is -0.279. The maximum Gasteiger partial charge on any atom is 0.185 e. The first kappa shape index (κ1) is 12.0. The molecular weight excluding hydrogens is 180 g/mol. The predicted octanol–water partition coefficient (Wildman–Crippen LogP) is 2.20. The van der Waals surface area contributed by atoms with Crippen LogP contribution in [0.1, 0.15) is 33.6 Å². The van der Waals surface area contributed by atoms with Gasteiger partial charge in [0.15, 0.2) is 6.29 Å². The maximum absolute atomic E-state index is 6.00. The first-order valence-electron chi connectivity index (χ1n) is 5.27. The molecule has 1 saturated heterocycles. The molecule has 0 radical (unpaired) electrons. The van der Waals surface area contributed by atoms with Crippen molar-refractivity contribution in [2.75, 3.05) is 14.2 Å². The van der Waals surface area contributed by atoms with Gasteiger partial charge < -0.3 is 14.2 Å². The molecule has 1 aliphatic heterocycles. The van der Waals surface area contributed by atoms with Crippen molar-refractivity contribution in [2.45, 2.75) is 51.6 Å². The van der Waals surface area contributed by atoms with Crippen molar-refractivity contribution < 1.29 is 14.2 Å². The van der Waals surface area contributed by atoms with Gasteiger partial charge in [-0.1, -0.05) is 13.8 Å². The largest absolute Gasteiger partial charge is 0.366 e. The quantitative estimate of drug-likeness (QED) is 0.654. The molecule has 0 spiro atoms. The fraction of sp³-hybridized carbons (Fsp3) is 1.00. The van der Waals surface area contributed by atoms with Crippen LogP contribution in [-0.4, -0.2) is 32.2 Å². The van der Waals surface area contributed by atoms with E-state index in [0.29, 0.717) is 12.0 Å². The van der Waals surface area contributed by atoms with Gasteiger partial charge in [-0.2, -0.15) is 0 Å². The fourth-order valence-corrected chi connectivity index (χ4v) is 2.13.